The van der Waals surface area contributed by atoms with Crippen molar-refractivity contribution in [3.05, 3.63) is 0 Å². The van der Waals surface area contributed by atoms with E-state index in [0.717, 1.165) is 38.5 Å². The third kappa shape index (κ3) is 26.8. The summed E-state index contributed by atoms with van der Waals surface area (Å²) in [6.07, 6.45) is 32.0. The molecule has 0 amide bonds. The molecule has 43 heavy (non-hydrogen) atoms. The van der Waals surface area contributed by atoms with Gasteiger partial charge in [-0.25, -0.2) is 4.79 Å². The molecule has 0 fully saturated rings. The first-order valence-electron chi connectivity index (χ1n) is 18.5. The molecule has 0 spiro atoms. The Hall–Kier alpha value is -1.27. The van der Waals surface area contributed by atoms with E-state index in [1.807, 2.05) is 0 Å². The Labute approximate surface area is 265 Å². The van der Waals surface area contributed by atoms with Gasteiger partial charge >= 0.3 is 11.9 Å². The van der Waals surface area contributed by atoms with Crippen molar-refractivity contribution in [2.45, 2.75) is 206 Å². The van der Waals surface area contributed by atoms with Crippen LogP contribution in [-0.4, -0.2) is 40.6 Å². The number of carbonyl (C=O) groups is 3. The van der Waals surface area contributed by atoms with E-state index in [-0.39, 0.29) is 5.78 Å². The highest BCUT2D eigenvalue weighted by Crippen LogP contribution is 2.20. The molecule has 0 rings (SSSR count). The average Bonchev–Trinajstić information content (AvgIpc) is 3.00. The molecule has 0 aliphatic heterocycles. The molecule has 0 aliphatic carbocycles. The van der Waals surface area contributed by atoms with Crippen LogP contribution in [0.5, 0.6) is 0 Å². The lowest BCUT2D eigenvalue weighted by atomic mass is 9.92. The predicted molar refractivity (Wildman–Crippen MR) is 178 cm³/mol. The minimum absolute atomic E-state index is 0.172. The van der Waals surface area contributed by atoms with Gasteiger partial charge in [0.2, 0.25) is 0 Å². The van der Waals surface area contributed by atoms with Crippen molar-refractivity contribution in [2.24, 2.45) is 5.92 Å². The highest BCUT2D eigenvalue weighted by atomic mass is 16.6. The SMILES string of the molecule is CCCCCCCCCCCCCCCCC(C(=O)CCCCCCCCCCCCCCC)C(=O)OC(=O)C(O)CO. The van der Waals surface area contributed by atoms with E-state index >= 15 is 0 Å². The van der Waals surface area contributed by atoms with Crippen LogP contribution in [0, 0.1) is 5.92 Å². The summed E-state index contributed by atoms with van der Waals surface area (Å²) < 4.78 is 4.77. The van der Waals surface area contributed by atoms with Crippen LogP contribution >= 0.6 is 0 Å². The molecular weight excluding hydrogens is 540 g/mol. The first-order valence-corrected chi connectivity index (χ1v) is 18.5. The summed E-state index contributed by atoms with van der Waals surface area (Å²) >= 11 is 0. The molecule has 2 atom stereocenters. The third-order valence-electron chi connectivity index (χ3n) is 8.69. The Morgan fingerprint density at radius 1 is 0.488 bits per heavy atom. The summed E-state index contributed by atoms with van der Waals surface area (Å²) in [5, 5.41) is 18.4. The summed E-state index contributed by atoms with van der Waals surface area (Å²) in [4.78, 5) is 37.4. The number of hydrogen-bond acceptors (Lipinski definition) is 6. The quantitative estimate of drug-likeness (QED) is 0.0436. The molecule has 254 valence electrons. The Morgan fingerprint density at radius 3 is 1.16 bits per heavy atom. The third-order valence-corrected chi connectivity index (χ3v) is 8.69. The molecular formula is C37H70O6. The molecule has 0 aliphatic rings. The summed E-state index contributed by atoms with van der Waals surface area (Å²) in [7, 11) is 0. The van der Waals surface area contributed by atoms with Gasteiger partial charge in [0.1, 0.15) is 11.7 Å². The topological polar surface area (TPSA) is 101 Å². The van der Waals surface area contributed by atoms with E-state index in [4.69, 9.17) is 9.84 Å². The van der Waals surface area contributed by atoms with Gasteiger partial charge in [-0.1, -0.05) is 181 Å². The second kappa shape index (κ2) is 32.1. The highest BCUT2D eigenvalue weighted by Gasteiger charge is 2.30. The van der Waals surface area contributed by atoms with Crippen molar-refractivity contribution in [1.82, 2.24) is 0 Å². The van der Waals surface area contributed by atoms with E-state index < -0.39 is 30.6 Å². The van der Waals surface area contributed by atoms with Gasteiger partial charge in [-0.15, -0.1) is 0 Å². The number of esters is 2. The van der Waals surface area contributed by atoms with Gasteiger partial charge in [0.05, 0.1) is 6.61 Å². The van der Waals surface area contributed by atoms with Crippen LogP contribution in [0.3, 0.4) is 0 Å². The fraction of sp³-hybridized carbons (Fsp3) is 0.919. The first-order chi connectivity index (χ1) is 21.0. The molecule has 2 N–H and O–H groups in total. The fourth-order valence-corrected chi connectivity index (χ4v) is 5.76. The van der Waals surface area contributed by atoms with Crippen LogP contribution in [0.1, 0.15) is 200 Å². The average molecular weight is 611 g/mol. The summed E-state index contributed by atoms with van der Waals surface area (Å²) in [6, 6.07) is 0. The minimum atomic E-state index is -1.76. The number of rotatable bonds is 33. The van der Waals surface area contributed by atoms with Crippen molar-refractivity contribution < 1.29 is 29.3 Å². The number of aliphatic hydroxyl groups is 2. The summed E-state index contributed by atoms with van der Waals surface area (Å²) in [5.41, 5.74) is 0. The van der Waals surface area contributed by atoms with Crippen LogP contribution in [0.15, 0.2) is 0 Å². The normalized spacial score (nSPS) is 12.7. The van der Waals surface area contributed by atoms with Crippen molar-refractivity contribution >= 4 is 17.7 Å². The number of ether oxygens (including phenoxy) is 1. The number of ketones is 1. The molecule has 0 heterocycles. The van der Waals surface area contributed by atoms with Crippen LogP contribution in [0.25, 0.3) is 0 Å². The Morgan fingerprint density at radius 2 is 0.814 bits per heavy atom. The van der Waals surface area contributed by atoms with Crippen molar-refractivity contribution in [3.63, 3.8) is 0 Å². The predicted octanol–water partition coefficient (Wildman–Crippen LogP) is 9.95. The van der Waals surface area contributed by atoms with Gasteiger partial charge in [-0.05, 0) is 12.8 Å². The van der Waals surface area contributed by atoms with E-state index in [1.165, 1.54) is 135 Å². The number of aliphatic hydroxyl groups excluding tert-OH is 2. The maximum absolute atomic E-state index is 12.9. The number of hydrogen-bond donors (Lipinski definition) is 2. The van der Waals surface area contributed by atoms with Crippen molar-refractivity contribution in [3.8, 4) is 0 Å². The molecule has 0 saturated carbocycles. The standard InChI is InChI=1S/C37H70O6/c1-3-5-7-9-11-13-15-17-19-20-22-24-26-28-30-33(36(41)43-37(42)35(40)32-38)34(39)31-29-27-25-23-21-18-16-14-12-10-8-6-4-2/h33,35,38,40H,3-32H2,1-2H3. The van der Waals surface area contributed by atoms with Gasteiger partial charge in [0.15, 0.2) is 6.10 Å². The molecule has 0 aromatic heterocycles. The van der Waals surface area contributed by atoms with Crippen LogP contribution < -0.4 is 0 Å². The van der Waals surface area contributed by atoms with E-state index in [0.29, 0.717) is 12.8 Å². The first kappa shape index (κ1) is 41.7. The zero-order valence-electron chi connectivity index (χ0n) is 28.4. The van der Waals surface area contributed by atoms with Gasteiger partial charge in [-0.2, -0.15) is 0 Å². The number of carbonyl (C=O) groups excluding carboxylic acids is 3. The lowest BCUT2D eigenvalue weighted by Crippen LogP contribution is -2.34. The van der Waals surface area contributed by atoms with Gasteiger partial charge in [0.25, 0.3) is 0 Å². The minimum Gasteiger partial charge on any atom is -0.393 e. The smallest absolute Gasteiger partial charge is 0.345 e. The Balaban J connectivity index is 4.17. The Bertz CT molecular complexity index is 649. The molecule has 2 unspecified atom stereocenters. The molecule has 0 bridgehead atoms. The molecule has 0 radical (unpaired) electrons. The second-order valence-electron chi connectivity index (χ2n) is 12.8. The Kier molecular flexibility index (Phi) is 31.2. The largest absolute Gasteiger partial charge is 0.393 e. The monoisotopic (exact) mass is 611 g/mol. The molecule has 0 aromatic carbocycles. The number of Topliss-reactive ketones (excluding diaryl/α,β-unsaturated/α-hetero) is 1. The van der Waals surface area contributed by atoms with Crippen LogP contribution in [0.2, 0.25) is 0 Å². The van der Waals surface area contributed by atoms with Crippen molar-refractivity contribution in [2.75, 3.05) is 6.61 Å². The molecule has 6 nitrogen and oxygen atoms in total. The highest BCUT2D eigenvalue weighted by molar-refractivity contribution is 6.02. The summed E-state index contributed by atoms with van der Waals surface area (Å²) in [5.74, 6) is -3.21. The lowest BCUT2D eigenvalue weighted by Gasteiger charge is -2.15. The molecule has 0 saturated heterocycles. The van der Waals surface area contributed by atoms with Gasteiger partial charge in [0, 0.05) is 6.42 Å². The summed E-state index contributed by atoms with van der Waals surface area (Å²) in [6.45, 7) is 3.68. The van der Waals surface area contributed by atoms with E-state index in [2.05, 4.69) is 13.8 Å². The van der Waals surface area contributed by atoms with Crippen LogP contribution in [0.4, 0.5) is 0 Å². The zero-order valence-corrected chi connectivity index (χ0v) is 28.4. The van der Waals surface area contributed by atoms with Crippen molar-refractivity contribution in [1.29, 1.82) is 0 Å². The second-order valence-corrected chi connectivity index (χ2v) is 12.8. The van der Waals surface area contributed by atoms with E-state index in [9.17, 15) is 19.5 Å². The molecule has 0 aromatic rings. The van der Waals surface area contributed by atoms with Crippen LogP contribution in [-0.2, 0) is 19.1 Å². The molecule has 6 heteroatoms. The lowest BCUT2D eigenvalue weighted by molar-refractivity contribution is -0.170. The van der Waals surface area contributed by atoms with Gasteiger partial charge in [-0.3, -0.25) is 9.59 Å². The maximum atomic E-state index is 12.9. The number of unbranched alkanes of at least 4 members (excludes halogenated alkanes) is 25. The zero-order chi connectivity index (χ0) is 31.8. The van der Waals surface area contributed by atoms with E-state index in [1.54, 1.807) is 0 Å². The maximum Gasteiger partial charge on any atom is 0.345 e. The fourth-order valence-electron chi connectivity index (χ4n) is 5.76. The van der Waals surface area contributed by atoms with Gasteiger partial charge < -0.3 is 14.9 Å².